The number of halogens is 3. The molecule has 8 nitrogen and oxygen atoms in total. The fourth-order valence-corrected chi connectivity index (χ4v) is 3.20. The van der Waals surface area contributed by atoms with Crippen molar-refractivity contribution < 1.29 is 18.3 Å². The van der Waals surface area contributed by atoms with Crippen molar-refractivity contribution in [2.75, 3.05) is 18.4 Å². The van der Waals surface area contributed by atoms with Crippen molar-refractivity contribution in [2.45, 2.75) is 51.4 Å². The molecule has 0 radical (unpaired) electrons. The van der Waals surface area contributed by atoms with Crippen LogP contribution in [0.15, 0.2) is 30.9 Å². The van der Waals surface area contributed by atoms with E-state index >= 15 is 0 Å². The number of hydrogen-bond donors (Lipinski definition) is 3. The summed E-state index contributed by atoms with van der Waals surface area (Å²) in [5.41, 5.74) is -2.32. The lowest BCUT2D eigenvalue weighted by Gasteiger charge is -2.25. The summed E-state index contributed by atoms with van der Waals surface area (Å²) in [6, 6.07) is 1.86. The summed E-state index contributed by atoms with van der Waals surface area (Å²) in [6.07, 6.45) is 2.58. The Hall–Kier alpha value is -2.79. The van der Waals surface area contributed by atoms with E-state index in [1.807, 2.05) is 13.8 Å². The number of rotatable bonds is 4. The Morgan fingerprint density at radius 2 is 1.97 bits per heavy atom. The molecule has 0 amide bonds. The molecule has 4 rings (SSSR count). The van der Waals surface area contributed by atoms with E-state index in [0.717, 1.165) is 32.1 Å². The van der Waals surface area contributed by atoms with Gasteiger partial charge in [0.25, 0.3) is 0 Å². The van der Waals surface area contributed by atoms with Crippen molar-refractivity contribution in [2.24, 2.45) is 0 Å². The number of piperidine rings is 1. The van der Waals surface area contributed by atoms with Gasteiger partial charge in [0.1, 0.15) is 0 Å². The number of aromatic nitrogens is 5. The summed E-state index contributed by atoms with van der Waals surface area (Å²) in [7, 11) is 0. The van der Waals surface area contributed by atoms with Crippen molar-refractivity contribution in [3.05, 3.63) is 36.5 Å². The molecule has 1 fully saturated rings. The Morgan fingerprint density at radius 3 is 2.65 bits per heavy atom. The molecule has 11 heteroatoms. The van der Waals surface area contributed by atoms with Crippen molar-refractivity contribution in [1.82, 2.24) is 29.7 Å². The molecule has 1 unspecified atom stereocenters. The molecule has 1 aliphatic heterocycles. The van der Waals surface area contributed by atoms with Crippen LogP contribution in [-0.4, -0.2) is 54.8 Å². The van der Waals surface area contributed by atoms with Gasteiger partial charge in [0, 0.05) is 25.0 Å². The summed E-state index contributed by atoms with van der Waals surface area (Å²) >= 11 is 0. The van der Waals surface area contributed by atoms with Crippen LogP contribution in [0.2, 0.25) is 0 Å². The number of imidazole rings is 1. The minimum absolute atomic E-state index is 0.207. The fraction of sp³-hybridized carbons (Fsp3) is 0.500. The lowest BCUT2D eigenvalue weighted by atomic mass is 10.0. The molecule has 3 aromatic rings. The first-order valence-electron chi connectivity index (χ1n) is 10.2. The summed E-state index contributed by atoms with van der Waals surface area (Å²) in [4.78, 5) is 16.6. The van der Waals surface area contributed by atoms with Crippen LogP contribution in [0, 0.1) is 0 Å². The molecule has 0 saturated carbocycles. The van der Waals surface area contributed by atoms with Crippen molar-refractivity contribution in [3.8, 4) is 11.4 Å². The molecule has 31 heavy (non-hydrogen) atoms. The van der Waals surface area contributed by atoms with Gasteiger partial charge >= 0.3 is 6.18 Å². The predicted octanol–water partition coefficient (Wildman–Crippen LogP) is 3.15. The summed E-state index contributed by atoms with van der Waals surface area (Å²) in [6.45, 7) is 6.46. The van der Waals surface area contributed by atoms with Crippen LogP contribution in [0.3, 0.4) is 0 Å². The predicted molar refractivity (Wildman–Crippen MR) is 111 cm³/mol. The van der Waals surface area contributed by atoms with Crippen LogP contribution in [0.25, 0.3) is 17.0 Å². The first-order valence-corrected chi connectivity index (χ1v) is 10.2. The Balaban J connectivity index is 0.00000132. The van der Waals surface area contributed by atoms with Gasteiger partial charge in [0.2, 0.25) is 11.5 Å². The second-order valence-corrected chi connectivity index (χ2v) is 7.17. The monoisotopic (exact) mass is 437 g/mol. The van der Waals surface area contributed by atoms with E-state index in [1.54, 1.807) is 12.3 Å². The molecule has 0 aliphatic carbocycles. The SMILES string of the molecule is CC.C[C@](O)(c1cn2c(-c3ccnc(NC4CCCNC4)n3)cnc2cn1)C(F)(F)F. The third-order valence-corrected chi connectivity index (χ3v) is 4.99. The van der Waals surface area contributed by atoms with E-state index < -0.39 is 17.5 Å². The highest BCUT2D eigenvalue weighted by atomic mass is 19.4. The van der Waals surface area contributed by atoms with E-state index in [4.69, 9.17) is 0 Å². The van der Waals surface area contributed by atoms with Gasteiger partial charge in [-0.3, -0.25) is 9.38 Å². The molecular formula is C20H26F3N7O. The van der Waals surface area contributed by atoms with Crippen LogP contribution in [0.1, 0.15) is 39.3 Å². The molecule has 4 heterocycles. The van der Waals surface area contributed by atoms with Crippen molar-refractivity contribution >= 4 is 11.6 Å². The van der Waals surface area contributed by atoms with Crippen molar-refractivity contribution in [3.63, 3.8) is 0 Å². The lowest BCUT2D eigenvalue weighted by Crippen LogP contribution is -2.40. The van der Waals surface area contributed by atoms with E-state index in [1.165, 1.54) is 16.8 Å². The van der Waals surface area contributed by atoms with Gasteiger partial charge in [-0.2, -0.15) is 13.2 Å². The van der Waals surface area contributed by atoms with Crippen LogP contribution in [0.4, 0.5) is 19.1 Å². The molecular weight excluding hydrogens is 411 g/mol. The summed E-state index contributed by atoms with van der Waals surface area (Å²) in [5, 5.41) is 16.5. The minimum Gasteiger partial charge on any atom is -0.375 e. The average Bonchev–Trinajstić information content (AvgIpc) is 3.19. The normalized spacial score (nSPS) is 18.7. The maximum atomic E-state index is 13.2. The smallest absolute Gasteiger partial charge is 0.375 e. The second-order valence-electron chi connectivity index (χ2n) is 7.17. The number of nitrogens with zero attached hydrogens (tertiary/aromatic N) is 5. The summed E-state index contributed by atoms with van der Waals surface area (Å²) in [5.74, 6) is 0.433. The van der Waals surface area contributed by atoms with Crippen LogP contribution >= 0.6 is 0 Å². The van der Waals surface area contributed by atoms with Crippen LogP contribution < -0.4 is 10.6 Å². The zero-order valence-corrected chi connectivity index (χ0v) is 17.6. The molecule has 1 aliphatic rings. The lowest BCUT2D eigenvalue weighted by molar-refractivity contribution is -0.260. The highest BCUT2D eigenvalue weighted by Gasteiger charge is 2.52. The number of hydrogen-bond acceptors (Lipinski definition) is 7. The number of anilines is 1. The van der Waals surface area contributed by atoms with E-state index in [9.17, 15) is 18.3 Å². The molecule has 0 spiro atoms. The highest BCUT2D eigenvalue weighted by Crippen LogP contribution is 2.37. The molecule has 0 bridgehead atoms. The molecule has 2 atom stereocenters. The number of alkyl halides is 3. The molecule has 168 valence electrons. The third-order valence-electron chi connectivity index (χ3n) is 4.99. The van der Waals surface area contributed by atoms with E-state index in [-0.39, 0.29) is 6.04 Å². The van der Waals surface area contributed by atoms with E-state index in [2.05, 4.69) is 30.6 Å². The first kappa shape index (κ1) is 22.9. The standard InChI is InChI=1S/C18H20F3N7O.C2H6/c1-17(29,18(19,20)21)14-10-28-13(8-25-15(28)9-24-14)12-4-6-23-16(27-12)26-11-3-2-5-22-7-11;1-2/h4,6,8-11,22,29H,2-3,5,7H2,1H3,(H,23,26,27);1-2H3/t11?,17-;/m0./s1. The topological polar surface area (TPSA) is 100 Å². The Kier molecular flexibility index (Phi) is 6.75. The Bertz CT molecular complexity index is 1010. The molecule has 3 aromatic heterocycles. The van der Waals surface area contributed by atoms with Crippen LogP contribution in [-0.2, 0) is 5.60 Å². The second kappa shape index (κ2) is 9.15. The summed E-state index contributed by atoms with van der Waals surface area (Å²) < 4.78 is 41.0. The van der Waals surface area contributed by atoms with Gasteiger partial charge < -0.3 is 15.7 Å². The highest BCUT2D eigenvalue weighted by molar-refractivity contribution is 5.60. The van der Waals surface area contributed by atoms with Gasteiger partial charge in [0.05, 0.1) is 29.5 Å². The fourth-order valence-electron chi connectivity index (χ4n) is 3.20. The number of nitrogens with one attached hydrogen (secondary N) is 2. The quantitative estimate of drug-likeness (QED) is 0.577. The number of fused-ring (bicyclic) bond motifs is 1. The van der Waals surface area contributed by atoms with Gasteiger partial charge in [0.15, 0.2) is 5.65 Å². The molecule has 1 saturated heterocycles. The van der Waals surface area contributed by atoms with Crippen molar-refractivity contribution in [1.29, 1.82) is 0 Å². The third kappa shape index (κ3) is 4.77. The van der Waals surface area contributed by atoms with Gasteiger partial charge in [-0.15, -0.1) is 0 Å². The van der Waals surface area contributed by atoms with Gasteiger partial charge in [-0.05, 0) is 32.4 Å². The number of aliphatic hydroxyl groups is 1. The first-order chi connectivity index (χ1) is 14.8. The Morgan fingerprint density at radius 1 is 1.19 bits per heavy atom. The van der Waals surface area contributed by atoms with E-state index in [0.29, 0.717) is 29.9 Å². The minimum atomic E-state index is -4.87. The molecule has 0 aromatic carbocycles. The van der Waals surface area contributed by atoms with Crippen LogP contribution in [0.5, 0.6) is 0 Å². The zero-order valence-electron chi connectivity index (χ0n) is 17.6. The maximum Gasteiger partial charge on any atom is 0.422 e. The van der Waals surface area contributed by atoms with Gasteiger partial charge in [-0.25, -0.2) is 15.0 Å². The average molecular weight is 437 g/mol. The Labute approximate surface area is 178 Å². The molecule has 3 N–H and O–H groups in total. The van der Waals surface area contributed by atoms with Gasteiger partial charge in [-0.1, -0.05) is 13.8 Å². The largest absolute Gasteiger partial charge is 0.422 e. The zero-order chi connectivity index (χ0) is 22.6. The maximum absolute atomic E-state index is 13.2.